The number of hydrogen-bond acceptors (Lipinski definition) is 5. The van der Waals surface area contributed by atoms with Crippen molar-refractivity contribution in [1.29, 1.82) is 0 Å². The zero-order valence-corrected chi connectivity index (χ0v) is 13.5. The molecule has 6 heteroatoms. The summed E-state index contributed by atoms with van der Waals surface area (Å²) >= 11 is 0. The number of rotatable bonds is 4. The van der Waals surface area contributed by atoms with Crippen molar-refractivity contribution in [3.63, 3.8) is 0 Å². The van der Waals surface area contributed by atoms with Gasteiger partial charge in [0.1, 0.15) is 11.9 Å². The van der Waals surface area contributed by atoms with Gasteiger partial charge in [-0.25, -0.2) is 0 Å². The summed E-state index contributed by atoms with van der Waals surface area (Å²) in [7, 11) is 0. The van der Waals surface area contributed by atoms with Gasteiger partial charge in [0.15, 0.2) is 5.76 Å². The molecule has 1 aromatic heterocycles. The maximum absolute atomic E-state index is 12.5. The largest absolute Gasteiger partial charge is 0.426 e. The van der Waals surface area contributed by atoms with Crippen LogP contribution in [0.2, 0.25) is 0 Å². The molecule has 2 heterocycles. The number of para-hydroxylation sites is 1. The molecule has 1 aromatic carbocycles. The van der Waals surface area contributed by atoms with Crippen LogP contribution in [0.5, 0.6) is 11.7 Å². The number of aliphatic hydroxyl groups is 2. The maximum Gasteiger partial charge on any atom is 0.290 e. The van der Waals surface area contributed by atoms with Crippen LogP contribution in [0, 0.1) is 0 Å². The number of hydrogen-bond donors (Lipinski definition) is 2. The SMILES string of the molecule is CC[C@@]1(O)CCN(C(=O)c2ccc(Oc3ccccc3)o2)C[C@H]1O. The smallest absolute Gasteiger partial charge is 0.290 e. The van der Waals surface area contributed by atoms with E-state index in [2.05, 4.69) is 0 Å². The minimum atomic E-state index is -1.12. The number of piperidine rings is 1. The molecule has 1 saturated heterocycles. The van der Waals surface area contributed by atoms with E-state index in [1.165, 1.54) is 4.90 Å². The number of aliphatic hydroxyl groups excluding tert-OH is 1. The van der Waals surface area contributed by atoms with E-state index in [-0.39, 0.29) is 24.2 Å². The maximum atomic E-state index is 12.5. The number of furan rings is 1. The van der Waals surface area contributed by atoms with Crippen molar-refractivity contribution in [3.05, 3.63) is 48.2 Å². The molecule has 3 rings (SSSR count). The first-order valence-corrected chi connectivity index (χ1v) is 8.04. The Morgan fingerprint density at radius 3 is 2.75 bits per heavy atom. The second-order valence-electron chi connectivity index (χ2n) is 6.01. The summed E-state index contributed by atoms with van der Waals surface area (Å²) in [5, 5.41) is 20.4. The summed E-state index contributed by atoms with van der Waals surface area (Å²) in [6.07, 6.45) is -0.175. The fraction of sp³-hybridized carbons (Fsp3) is 0.389. The number of β-amino-alcohol motifs (C(OH)–C–C–N with tert-alkyl or cyclic N) is 1. The van der Waals surface area contributed by atoms with Crippen LogP contribution in [0.3, 0.4) is 0 Å². The van der Waals surface area contributed by atoms with Crippen molar-refractivity contribution in [2.45, 2.75) is 31.5 Å². The van der Waals surface area contributed by atoms with Crippen molar-refractivity contribution < 1.29 is 24.2 Å². The quantitative estimate of drug-likeness (QED) is 0.899. The minimum Gasteiger partial charge on any atom is -0.426 e. The first-order valence-electron chi connectivity index (χ1n) is 8.04. The van der Waals surface area contributed by atoms with E-state index in [4.69, 9.17) is 9.15 Å². The van der Waals surface area contributed by atoms with Crippen molar-refractivity contribution in [1.82, 2.24) is 4.90 Å². The molecule has 1 aliphatic heterocycles. The standard InChI is InChI=1S/C18H21NO5/c1-2-18(22)10-11-19(12-15(18)20)17(21)14-8-9-16(24-14)23-13-6-4-3-5-7-13/h3-9,15,20,22H,2,10-12H2,1H3/t15-,18-/m1/s1. The van der Waals surface area contributed by atoms with E-state index in [1.807, 2.05) is 25.1 Å². The molecule has 0 saturated carbocycles. The molecule has 0 bridgehead atoms. The highest BCUT2D eigenvalue weighted by Gasteiger charge is 2.40. The van der Waals surface area contributed by atoms with Gasteiger partial charge in [0.25, 0.3) is 11.9 Å². The zero-order chi connectivity index (χ0) is 17.2. The molecule has 0 spiro atoms. The van der Waals surface area contributed by atoms with Crippen molar-refractivity contribution in [2.24, 2.45) is 0 Å². The molecule has 0 aliphatic carbocycles. The van der Waals surface area contributed by atoms with Crippen molar-refractivity contribution in [2.75, 3.05) is 13.1 Å². The van der Waals surface area contributed by atoms with E-state index in [0.717, 1.165) is 0 Å². The first kappa shape index (κ1) is 16.5. The summed E-state index contributed by atoms with van der Waals surface area (Å²) in [4.78, 5) is 14.0. The lowest BCUT2D eigenvalue weighted by molar-refractivity contribution is -0.114. The number of likely N-dealkylation sites (tertiary alicyclic amines) is 1. The molecule has 1 fully saturated rings. The molecule has 128 valence electrons. The van der Waals surface area contributed by atoms with E-state index < -0.39 is 11.7 Å². The molecule has 6 nitrogen and oxygen atoms in total. The van der Waals surface area contributed by atoms with Crippen LogP contribution < -0.4 is 4.74 Å². The second kappa shape index (κ2) is 6.67. The molecule has 2 atom stereocenters. The van der Waals surface area contributed by atoms with Crippen LogP contribution in [-0.2, 0) is 0 Å². The summed E-state index contributed by atoms with van der Waals surface area (Å²) in [5.74, 6) is 0.671. The molecular weight excluding hydrogens is 310 g/mol. The topological polar surface area (TPSA) is 83.1 Å². The fourth-order valence-electron chi connectivity index (χ4n) is 2.81. The van der Waals surface area contributed by atoms with Crippen LogP contribution in [0.1, 0.15) is 30.3 Å². The third-order valence-corrected chi connectivity index (χ3v) is 4.48. The van der Waals surface area contributed by atoms with Gasteiger partial charge in [-0.05, 0) is 31.0 Å². The van der Waals surface area contributed by atoms with Gasteiger partial charge < -0.3 is 24.3 Å². The van der Waals surface area contributed by atoms with Gasteiger partial charge in [0, 0.05) is 19.2 Å². The van der Waals surface area contributed by atoms with E-state index >= 15 is 0 Å². The molecule has 1 aliphatic rings. The monoisotopic (exact) mass is 331 g/mol. The first-order chi connectivity index (χ1) is 11.5. The van der Waals surface area contributed by atoms with Crippen LogP contribution >= 0.6 is 0 Å². The fourth-order valence-corrected chi connectivity index (χ4v) is 2.81. The number of nitrogens with zero attached hydrogens (tertiary/aromatic N) is 1. The number of benzene rings is 1. The number of carbonyl (C=O) groups is 1. The molecule has 0 radical (unpaired) electrons. The minimum absolute atomic E-state index is 0.0821. The Bertz CT molecular complexity index is 698. The van der Waals surface area contributed by atoms with Gasteiger partial charge in [0.05, 0.1) is 5.60 Å². The van der Waals surface area contributed by atoms with Gasteiger partial charge in [-0.2, -0.15) is 0 Å². The molecule has 1 amide bonds. The Balaban J connectivity index is 1.66. The second-order valence-corrected chi connectivity index (χ2v) is 6.01. The van der Waals surface area contributed by atoms with Crippen LogP contribution in [0.25, 0.3) is 0 Å². The van der Waals surface area contributed by atoms with Gasteiger partial charge >= 0.3 is 0 Å². The van der Waals surface area contributed by atoms with E-state index in [1.54, 1.807) is 24.3 Å². The predicted molar refractivity (Wildman–Crippen MR) is 87.0 cm³/mol. The lowest BCUT2D eigenvalue weighted by atomic mass is 9.86. The number of carbonyl (C=O) groups excluding carboxylic acids is 1. The summed E-state index contributed by atoms with van der Waals surface area (Å²) < 4.78 is 11.0. The van der Waals surface area contributed by atoms with Gasteiger partial charge in [-0.15, -0.1) is 0 Å². The highest BCUT2D eigenvalue weighted by Crippen LogP contribution is 2.28. The Hall–Kier alpha value is -2.31. The van der Waals surface area contributed by atoms with E-state index in [0.29, 0.717) is 25.1 Å². The normalized spacial score (nSPS) is 24.0. The molecular formula is C18H21NO5. The van der Waals surface area contributed by atoms with Crippen molar-refractivity contribution >= 4 is 5.91 Å². The van der Waals surface area contributed by atoms with Gasteiger partial charge in [0.2, 0.25) is 0 Å². The predicted octanol–water partition coefficient (Wildman–Crippen LogP) is 2.42. The van der Waals surface area contributed by atoms with Crippen LogP contribution in [-0.4, -0.2) is 45.8 Å². The average molecular weight is 331 g/mol. The third-order valence-electron chi connectivity index (χ3n) is 4.48. The van der Waals surface area contributed by atoms with Crippen LogP contribution in [0.15, 0.2) is 46.9 Å². The van der Waals surface area contributed by atoms with Crippen molar-refractivity contribution in [3.8, 4) is 11.7 Å². The highest BCUT2D eigenvalue weighted by molar-refractivity contribution is 5.91. The Labute approximate surface area is 140 Å². The van der Waals surface area contributed by atoms with Gasteiger partial charge in [-0.3, -0.25) is 4.79 Å². The zero-order valence-electron chi connectivity index (χ0n) is 13.5. The molecule has 24 heavy (non-hydrogen) atoms. The van der Waals surface area contributed by atoms with Gasteiger partial charge in [-0.1, -0.05) is 25.1 Å². The molecule has 2 aromatic rings. The van der Waals surface area contributed by atoms with Crippen LogP contribution in [0.4, 0.5) is 0 Å². The molecule has 0 unspecified atom stereocenters. The lowest BCUT2D eigenvalue weighted by Gasteiger charge is -2.41. The Morgan fingerprint density at radius 1 is 1.33 bits per heavy atom. The average Bonchev–Trinajstić information content (AvgIpc) is 3.06. The molecule has 2 N–H and O–H groups in total. The van der Waals surface area contributed by atoms with E-state index in [9.17, 15) is 15.0 Å². The Morgan fingerprint density at radius 2 is 2.08 bits per heavy atom. The summed E-state index contributed by atoms with van der Waals surface area (Å²) in [6.45, 7) is 2.27. The number of amides is 1. The highest BCUT2D eigenvalue weighted by atomic mass is 16.6. The third kappa shape index (κ3) is 3.29. The summed E-state index contributed by atoms with van der Waals surface area (Å²) in [5.41, 5.74) is -1.12. The lowest BCUT2D eigenvalue weighted by Crippen LogP contribution is -2.56. The Kier molecular flexibility index (Phi) is 4.59. The summed E-state index contributed by atoms with van der Waals surface area (Å²) in [6, 6.07) is 12.3. The number of ether oxygens (including phenoxy) is 1.